The topological polar surface area (TPSA) is 69.4 Å². The summed E-state index contributed by atoms with van der Waals surface area (Å²) in [5.41, 5.74) is 6.05. The molecule has 1 aromatic carbocycles. The molecule has 0 spiro atoms. The second kappa shape index (κ2) is 6.37. The molecule has 0 atom stereocenters. The molecule has 0 aliphatic heterocycles. The van der Waals surface area contributed by atoms with Crippen LogP contribution in [0.5, 0.6) is 5.75 Å². The normalized spacial score (nSPS) is 11.5. The van der Waals surface area contributed by atoms with Crippen LogP contribution in [0.2, 0.25) is 0 Å². The summed E-state index contributed by atoms with van der Waals surface area (Å²) in [5, 5.41) is 0. The summed E-state index contributed by atoms with van der Waals surface area (Å²) in [6.07, 6.45) is 0.500. The molecule has 0 bridgehead atoms. The molecular formula is C11H16BrNO3S. The molecule has 0 unspecified atom stereocenters. The van der Waals surface area contributed by atoms with E-state index in [1.165, 1.54) is 0 Å². The van der Waals surface area contributed by atoms with Gasteiger partial charge in [0.2, 0.25) is 0 Å². The first-order valence-electron chi connectivity index (χ1n) is 5.21. The quantitative estimate of drug-likeness (QED) is 0.866. The van der Waals surface area contributed by atoms with Gasteiger partial charge in [0.25, 0.3) is 0 Å². The summed E-state index contributed by atoms with van der Waals surface area (Å²) in [5.74, 6) is 0.857. The highest BCUT2D eigenvalue weighted by Crippen LogP contribution is 2.26. The Morgan fingerprint density at radius 2 is 2.12 bits per heavy atom. The number of hydrogen-bond acceptors (Lipinski definition) is 4. The lowest BCUT2D eigenvalue weighted by atomic mass is 10.2. The molecule has 96 valence electrons. The second-order valence-electron chi connectivity index (χ2n) is 3.70. The fourth-order valence-electron chi connectivity index (χ4n) is 1.43. The van der Waals surface area contributed by atoms with Crippen LogP contribution in [0.15, 0.2) is 22.7 Å². The van der Waals surface area contributed by atoms with Gasteiger partial charge in [0.15, 0.2) is 9.84 Å². The summed E-state index contributed by atoms with van der Waals surface area (Å²) < 4.78 is 29.3. The zero-order chi connectivity index (χ0) is 12.9. The van der Waals surface area contributed by atoms with E-state index in [1.54, 1.807) is 25.3 Å². The van der Waals surface area contributed by atoms with Gasteiger partial charge in [0, 0.05) is 0 Å². The summed E-state index contributed by atoms with van der Waals surface area (Å²) in [4.78, 5) is 0. The van der Waals surface area contributed by atoms with E-state index >= 15 is 0 Å². The number of hydrogen-bond donors (Lipinski definition) is 1. The highest BCUT2D eigenvalue weighted by Gasteiger charge is 2.12. The number of sulfone groups is 1. The van der Waals surface area contributed by atoms with E-state index in [0.717, 1.165) is 10.0 Å². The van der Waals surface area contributed by atoms with Crippen molar-refractivity contribution in [2.45, 2.75) is 12.2 Å². The van der Waals surface area contributed by atoms with Crippen LogP contribution < -0.4 is 10.5 Å². The third-order valence-electron chi connectivity index (χ3n) is 2.26. The SMILES string of the molecule is COc1ccc(CS(=O)(=O)CCCN)cc1Br. The maximum absolute atomic E-state index is 11.7. The Morgan fingerprint density at radius 3 is 2.65 bits per heavy atom. The molecule has 0 heterocycles. The standard InChI is InChI=1S/C11H16BrNO3S/c1-16-11-4-3-9(7-10(11)12)8-17(14,15)6-2-5-13/h3-4,7H,2,5-6,8,13H2,1H3. The lowest BCUT2D eigenvalue weighted by Crippen LogP contribution is -2.13. The molecule has 0 aromatic heterocycles. The van der Waals surface area contributed by atoms with Gasteiger partial charge in [-0.25, -0.2) is 8.42 Å². The zero-order valence-electron chi connectivity index (χ0n) is 9.65. The van der Waals surface area contributed by atoms with Crippen molar-refractivity contribution in [1.82, 2.24) is 0 Å². The van der Waals surface area contributed by atoms with Gasteiger partial charge in [0.1, 0.15) is 5.75 Å². The van der Waals surface area contributed by atoms with Gasteiger partial charge in [-0.05, 0) is 46.6 Å². The first kappa shape index (κ1) is 14.5. The van der Waals surface area contributed by atoms with Crippen molar-refractivity contribution < 1.29 is 13.2 Å². The summed E-state index contributed by atoms with van der Waals surface area (Å²) in [6, 6.07) is 5.26. The molecule has 6 heteroatoms. The molecule has 0 radical (unpaired) electrons. The highest BCUT2D eigenvalue weighted by molar-refractivity contribution is 9.10. The second-order valence-corrected chi connectivity index (χ2v) is 6.74. The van der Waals surface area contributed by atoms with Crippen LogP contribution in [0.4, 0.5) is 0 Å². The maximum atomic E-state index is 11.7. The van der Waals surface area contributed by atoms with Crippen molar-refractivity contribution >= 4 is 25.8 Å². The number of rotatable bonds is 6. The lowest BCUT2D eigenvalue weighted by Gasteiger charge is -2.07. The smallest absolute Gasteiger partial charge is 0.154 e. The Hall–Kier alpha value is -0.590. The minimum Gasteiger partial charge on any atom is -0.496 e. The minimum absolute atomic E-state index is 0.0373. The molecule has 1 rings (SSSR count). The van der Waals surface area contributed by atoms with Crippen molar-refractivity contribution in [2.75, 3.05) is 19.4 Å². The van der Waals surface area contributed by atoms with Crippen LogP contribution in [0.25, 0.3) is 0 Å². The van der Waals surface area contributed by atoms with E-state index in [-0.39, 0.29) is 11.5 Å². The van der Waals surface area contributed by atoms with Crippen molar-refractivity contribution in [3.63, 3.8) is 0 Å². The first-order valence-corrected chi connectivity index (χ1v) is 7.83. The third-order valence-corrected chi connectivity index (χ3v) is 4.57. The molecule has 0 aliphatic carbocycles. The maximum Gasteiger partial charge on any atom is 0.154 e. The zero-order valence-corrected chi connectivity index (χ0v) is 12.1. The van der Waals surface area contributed by atoms with Gasteiger partial charge >= 0.3 is 0 Å². The van der Waals surface area contributed by atoms with E-state index in [2.05, 4.69) is 15.9 Å². The molecule has 0 aliphatic rings. The molecule has 1 aromatic rings. The fourth-order valence-corrected chi connectivity index (χ4v) is 3.46. The Morgan fingerprint density at radius 1 is 1.41 bits per heavy atom. The van der Waals surface area contributed by atoms with Gasteiger partial charge in [-0.15, -0.1) is 0 Å². The van der Waals surface area contributed by atoms with Crippen LogP contribution in [-0.4, -0.2) is 27.8 Å². The van der Waals surface area contributed by atoms with Crippen LogP contribution in [0.3, 0.4) is 0 Å². The predicted octanol–water partition coefficient (Wildman–Crippen LogP) is 1.72. The van der Waals surface area contributed by atoms with Crippen molar-refractivity contribution in [2.24, 2.45) is 5.73 Å². The summed E-state index contributed by atoms with van der Waals surface area (Å²) in [7, 11) is -1.51. The van der Waals surface area contributed by atoms with Crippen LogP contribution >= 0.6 is 15.9 Å². The minimum atomic E-state index is -3.07. The highest BCUT2D eigenvalue weighted by atomic mass is 79.9. The largest absolute Gasteiger partial charge is 0.496 e. The van der Waals surface area contributed by atoms with Crippen LogP contribution in [0, 0.1) is 0 Å². The Bertz CT molecular complexity index is 474. The average Bonchev–Trinajstić information content (AvgIpc) is 2.26. The van der Waals surface area contributed by atoms with Crippen molar-refractivity contribution in [3.05, 3.63) is 28.2 Å². The first-order chi connectivity index (χ1) is 7.98. The molecule has 0 fully saturated rings. The molecular weight excluding hydrogens is 306 g/mol. The molecule has 17 heavy (non-hydrogen) atoms. The van der Waals surface area contributed by atoms with E-state index in [9.17, 15) is 8.42 Å². The molecule has 0 saturated heterocycles. The number of nitrogens with two attached hydrogens (primary N) is 1. The van der Waals surface area contributed by atoms with E-state index in [1.807, 2.05) is 0 Å². The van der Waals surface area contributed by atoms with Gasteiger partial charge in [0.05, 0.1) is 23.1 Å². The van der Waals surface area contributed by atoms with Crippen LogP contribution in [0.1, 0.15) is 12.0 Å². The average molecular weight is 322 g/mol. The van der Waals surface area contributed by atoms with Crippen LogP contribution in [-0.2, 0) is 15.6 Å². The molecule has 0 amide bonds. The van der Waals surface area contributed by atoms with E-state index < -0.39 is 9.84 Å². The summed E-state index contributed by atoms with van der Waals surface area (Å²) >= 11 is 3.33. The summed E-state index contributed by atoms with van der Waals surface area (Å²) in [6.45, 7) is 0.394. The fraction of sp³-hybridized carbons (Fsp3) is 0.455. The number of halogens is 1. The van der Waals surface area contributed by atoms with Crippen molar-refractivity contribution in [3.8, 4) is 5.75 Å². The number of benzene rings is 1. The lowest BCUT2D eigenvalue weighted by molar-refractivity contribution is 0.412. The Labute approximate surface area is 110 Å². The molecule has 4 nitrogen and oxygen atoms in total. The number of methoxy groups -OCH3 is 1. The van der Waals surface area contributed by atoms with Gasteiger partial charge in [-0.3, -0.25) is 0 Å². The molecule has 2 N–H and O–H groups in total. The Kier molecular flexibility index (Phi) is 5.42. The van der Waals surface area contributed by atoms with Gasteiger partial charge < -0.3 is 10.5 Å². The van der Waals surface area contributed by atoms with E-state index in [0.29, 0.717) is 18.7 Å². The molecule has 0 saturated carbocycles. The predicted molar refractivity (Wildman–Crippen MR) is 71.9 cm³/mol. The van der Waals surface area contributed by atoms with Crippen molar-refractivity contribution in [1.29, 1.82) is 0 Å². The monoisotopic (exact) mass is 321 g/mol. The van der Waals surface area contributed by atoms with Gasteiger partial charge in [-0.2, -0.15) is 0 Å². The van der Waals surface area contributed by atoms with Gasteiger partial charge in [-0.1, -0.05) is 6.07 Å². The Balaban J connectivity index is 2.78. The number of ether oxygens (including phenoxy) is 1. The third kappa shape index (κ3) is 4.65. The van der Waals surface area contributed by atoms with E-state index in [4.69, 9.17) is 10.5 Å².